The number of carboxylic acid groups (broad SMARTS) is 1. The molecule has 130 valence electrons. The summed E-state index contributed by atoms with van der Waals surface area (Å²) in [5.74, 6) is -1.28. The number of nitrogens with one attached hydrogen (secondary N) is 1. The maximum Gasteiger partial charge on any atom is 0.337 e. The van der Waals surface area contributed by atoms with Crippen LogP contribution in [0.5, 0.6) is 0 Å². The second kappa shape index (κ2) is 7.90. The zero-order chi connectivity index (χ0) is 17.7. The van der Waals surface area contributed by atoms with Crippen LogP contribution in [0.2, 0.25) is 0 Å². The summed E-state index contributed by atoms with van der Waals surface area (Å²) in [6, 6.07) is 2.81. The van der Waals surface area contributed by atoms with Gasteiger partial charge in [-0.05, 0) is 38.3 Å². The summed E-state index contributed by atoms with van der Waals surface area (Å²) in [4.78, 5) is 41.1. The average molecular weight is 333 g/mol. The molecule has 0 saturated carbocycles. The van der Waals surface area contributed by atoms with E-state index in [1.165, 1.54) is 12.1 Å². The fraction of sp³-hybridized carbons (Fsp3) is 0.529. The van der Waals surface area contributed by atoms with Crippen molar-refractivity contribution >= 4 is 17.8 Å². The molecule has 1 aliphatic rings. The van der Waals surface area contributed by atoms with Crippen molar-refractivity contribution in [2.45, 2.75) is 45.6 Å². The van der Waals surface area contributed by atoms with Crippen LogP contribution < -0.4 is 5.32 Å². The highest BCUT2D eigenvalue weighted by molar-refractivity contribution is 5.94. The van der Waals surface area contributed by atoms with Gasteiger partial charge in [-0.25, -0.2) is 9.78 Å². The first-order valence-corrected chi connectivity index (χ1v) is 8.22. The predicted octanol–water partition coefficient (Wildman–Crippen LogP) is 1.61. The molecule has 2 heterocycles. The molecule has 0 spiro atoms. The number of piperidine rings is 1. The number of aromatic carboxylic acids is 1. The number of rotatable bonds is 5. The van der Waals surface area contributed by atoms with Crippen molar-refractivity contribution in [3.63, 3.8) is 0 Å². The summed E-state index contributed by atoms with van der Waals surface area (Å²) in [5, 5.41) is 12.0. The molecule has 1 atom stereocenters. The van der Waals surface area contributed by atoms with Crippen molar-refractivity contribution in [2.24, 2.45) is 0 Å². The summed E-state index contributed by atoms with van der Waals surface area (Å²) >= 11 is 0. The van der Waals surface area contributed by atoms with Gasteiger partial charge in [-0.2, -0.15) is 0 Å². The summed E-state index contributed by atoms with van der Waals surface area (Å²) in [5.41, 5.74) is 0.645. The summed E-state index contributed by atoms with van der Waals surface area (Å²) in [7, 11) is 0. The zero-order valence-corrected chi connectivity index (χ0v) is 14.0. The highest BCUT2D eigenvalue weighted by Crippen LogP contribution is 2.15. The van der Waals surface area contributed by atoms with Crippen LogP contribution in [0.3, 0.4) is 0 Å². The lowest BCUT2D eigenvalue weighted by Crippen LogP contribution is -2.49. The Morgan fingerprint density at radius 1 is 1.38 bits per heavy atom. The number of hydrogen-bond acceptors (Lipinski definition) is 4. The third-order valence-corrected chi connectivity index (χ3v) is 4.09. The molecule has 0 aromatic carbocycles. The first-order valence-electron chi connectivity index (χ1n) is 8.22. The number of carboxylic acids is 1. The van der Waals surface area contributed by atoms with Gasteiger partial charge in [0.1, 0.15) is 5.69 Å². The van der Waals surface area contributed by atoms with Gasteiger partial charge in [0.15, 0.2) is 0 Å². The van der Waals surface area contributed by atoms with Crippen LogP contribution in [0.4, 0.5) is 0 Å². The molecule has 1 aliphatic heterocycles. The van der Waals surface area contributed by atoms with Crippen LogP contribution in [0.15, 0.2) is 12.1 Å². The first-order chi connectivity index (χ1) is 11.4. The van der Waals surface area contributed by atoms with Gasteiger partial charge >= 0.3 is 5.97 Å². The number of pyridine rings is 1. The SMILES string of the molecule is CCCC(=O)NC1CCCN(C(=O)c2ccc(C(=O)O)c(C)n2)C1. The minimum Gasteiger partial charge on any atom is -0.478 e. The highest BCUT2D eigenvalue weighted by atomic mass is 16.4. The number of amides is 2. The van der Waals surface area contributed by atoms with Crippen molar-refractivity contribution in [1.82, 2.24) is 15.2 Å². The molecule has 2 rings (SSSR count). The fourth-order valence-electron chi connectivity index (χ4n) is 2.87. The van der Waals surface area contributed by atoms with Crippen LogP contribution in [-0.2, 0) is 4.79 Å². The Morgan fingerprint density at radius 3 is 2.75 bits per heavy atom. The van der Waals surface area contributed by atoms with Crippen molar-refractivity contribution in [3.8, 4) is 0 Å². The lowest BCUT2D eigenvalue weighted by atomic mass is 10.0. The zero-order valence-electron chi connectivity index (χ0n) is 14.0. The van der Waals surface area contributed by atoms with Gasteiger partial charge in [0.05, 0.1) is 11.3 Å². The Balaban J connectivity index is 2.05. The van der Waals surface area contributed by atoms with Crippen molar-refractivity contribution in [2.75, 3.05) is 13.1 Å². The van der Waals surface area contributed by atoms with E-state index in [0.717, 1.165) is 19.3 Å². The average Bonchev–Trinajstić information content (AvgIpc) is 2.54. The standard InChI is InChI=1S/C17H23N3O4/c1-3-5-15(21)19-12-6-4-9-20(10-12)16(22)14-8-7-13(17(23)24)11(2)18-14/h7-8,12H,3-6,9-10H2,1-2H3,(H,19,21)(H,23,24). The second-order valence-electron chi connectivity index (χ2n) is 6.04. The molecule has 2 N–H and O–H groups in total. The molecule has 0 radical (unpaired) electrons. The van der Waals surface area contributed by atoms with E-state index in [1.54, 1.807) is 11.8 Å². The molecule has 1 aromatic rings. The van der Waals surface area contributed by atoms with Gasteiger partial charge in [-0.15, -0.1) is 0 Å². The topological polar surface area (TPSA) is 99.6 Å². The summed E-state index contributed by atoms with van der Waals surface area (Å²) < 4.78 is 0. The highest BCUT2D eigenvalue weighted by Gasteiger charge is 2.26. The Morgan fingerprint density at radius 2 is 2.12 bits per heavy atom. The molecular weight excluding hydrogens is 310 g/mol. The van der Waals surface area contributed by atoms with E-state index in [2.05, 4.69) is 10.3 Å². The maximum atomic E-state index is 12.6. The van der Waals surface area contributed by atoms with Crippen LogP contribution >= 0.6 is 0 Å². The number of hydrogen-bond donors (Lipinski definition) is 2. The number of carbonyl (C=O) groups excluding carboxylic acids is 2. The van der Waals surface area contributed by atoms with E-state index in [9.17, 15) is 14.4 Å². The van der Waals surface area contributed by atoms with E-state index < -0.39 is 5.97 Å². The second-order valence-corrected chi connectivity index (χ2v) is 6.04. The molecule has 1 unspecified atom stereocenters. The number of aryl methyl sites for hydroxylation is 1. The van der Waals surface area contributed by atoms with Gasteiger partial charge in [-0.3, -0.25) is 9.59 Å². The minimum absolute atomic E-state index is 0.0107. The van der Waals surface area contributed by atoms with Gasteiger partial charge in [0.25, 0.3) is 5.91 Å². The van der Waals surface area contributed by atoms with Gasteiger partial charge in [0, 0.05) is 25.6 Å². The van der Waals surface area contributed by atoms with E-state index in [1.807, 2.05) is 6.92 Å². The normalized spacial score (nSPS) is 17.4. The number of likely N-dealkylation sites (tertiary alicyclic amines) is 1. The number of carbonyl (C=O) groups is 3. The Kier molecular flexibility index (Phi) is 5.89. The largest absolute Gasteiger partial charge is 0.478 e. The van der Waals surface area contributed by atoms with E-state index in [-0.39, 0.29) is 29.1 Å². The Labute approximate surface area is 141 Å². The maximum absolute atomic E-state index is 12.6. The molecule has 0 bridgehead atoms. The van der Waals surface area contributed by atoms with Crippen molar-refractivity contribution in [3.05, 3.63) is 29.1 Å². The van der Waals surface area contributed by atoms with Gasteiger partial charge < -0.3 is 15.3 Å². The predicted molar refractivity (Wildman–Crippen MR) is 87.9 cm³/mol. The summed E-state index contributed by atoms with van der Waals surface area (Å²) in [6.45, 7) is 4.59. The Hall–Kier alpha value is -2.44. The molecular formula is C17H23N3O4. The minimum atomic E-state index is -1.06. The molecule has 2 amide bonds. The monoisotopic (exact) mass is 333 g/mol. The van der Waals surface area contributed by atoms with Crippen LogP contribution in [-0.4, -0.2) is 51.9 Å². The third kappa shape index (κ3) is 4.31. The van der Waals surface area contributed by atoms with E-state index >= 15 is 0 Å². The van der Waals surface area contributed by atoms with Crippen LogP contribution in [0, 0.1) is 6.92 Å². The van der Waals surface area contributed by atoms with Gasteiger partial charge in [-0.1, -0.05) is 6.92 Å². The van der Waals surface area contributed by atoms with Crippen molar-refractivity contribution in [1.29, 1.82) is 0 Å². The first kappa shape index (κ1) is 17.9. The Bertz CT molecular complexity index is 645. The summed E-state index contributed by atoms with van der Waals surface area (Å²) in [6.07, 6.45) is 2.95. The lowest BCUT2D eigenvalue weighted by Gasteiger charge is -2.33. The smallest absolute Gasteiger partial charge is 0.337 e. The van der Waals surface area contributed by atoms with Gasteiger partial charge in [0.2, 0.25) is 5.91 Å². The molecule has 0 aliphatic carbocycles. The molecule has 24 heavy (non-hydrogen) atoms. The molecule has 7 nitrogen and oxygen atoms in total. The molecule has 1 fully saturated rings. The van der Waals surface area contributed by atoms with Crippen LogP contribution in [0.25, 0.3) is 0 Å². The fourth-order valence-corrected chi connectivity index (χ4v) is 2.87. The third-order valence-electron chi connectivity index (χ3n) is 4.09. The number of nitrogens with zero attached hydrogens (tertiary/aromatic N) is 2. The molecule has 1 saturated heterocycles. The van der Waals surface area contributed by atoms with E-state index in [4.69, 9.17) is 5.11 Å². The lowest BCUT2D eigenvalue weighted by molar-refractivity contribution is -0.122. The van der Waals surface area contributed by atoms with E-state index in [0.29, 0.717) is 25.2 Å². The van der Waals surface area contributed by atoms with Crippen molar-refractivity contribution < 1.29 is 19.5 Å². The quantitative estimate of drug-likeness (QED) is 0.853. The van der Waals surface area contributed by atoms with Crippen LogP contribution in [0.1, 0.15) is 59.1 Å². The number of aromatic nitrogens is 1. The molecule has 7 heteroatoms. The molecule has 1 aromatic heterocycles.